The predicted octanol–water partition coefficient (Wildman–Crippen LogP) is 0.817. The van der Waals surface area contributed by atoms with Gasteiger partial charge in [-0.1, -0.05) is 0 Å². The molecule has 2 nitrogen and oxygen atoms in total. The van der Waals surface area contributed by atoms with E-state index in [1.165, 1.54) is 0 Å². The van der Waals surface area contributed by atoms with Gasteiger partial charge in [0.15, 0.2) is 0 Å². The average molecular weight is 337 g/mol. The molecule has 0 aromatic carbocycles. The molecule has 1 atom stereocenters. The van der Waals surface area contributed by atoms with Crippen molar-refractivity contribution in [3.05, 3.63) is 0 Å². The van der Waals surface area contributed by atoms with Crippen molar-refractivity contribution in [2.45, 2.75) is 25.9 Å². The Balaban J connectivity index is 3.80. The molecule has 0 bridgehead atoms. The van der Waals surface area contributed by atoms with E-state index in [0.717, 1.165) is 39.2 Å². The standard InChI is InChI=1S/C7H16NO.Pb/c1-5-7(2,9)6-8(3)4;/h5-6H2,1-4H3;/q-1;+1. The van der Waals surface area contributed by atoms with Gasteiger partial charge < -0.3 is 0 Å². The van der Waals surface area contributed by atoms with E-state index in [2.05, 4.69) is 32.8 Å². The Labute approximate surface area is 80.3 Å². The number of likely N-dealkylation sites (N-methyl/N-ethyl adjacent to an activating group) is 1. The van der Waals surface area contributed by atoms with Crippen LogP contribution < -0.4 is 0 Å². The summed E-state index contributed by atoms with van der Waals surface area (Å²) in [6, 6.07) is 0. The van der Waals surface area contributed by atoms with Crippen molar-refractivity contribution in [1.29, 1.82) is 0 Å². The van der Waals surface area contributed by atoms with Crippen LogP contribution in [0.4, 0.5) is 0 Å². The number of nitrogens with zero attached hydrogens (tertiary/aromatic N) is 1. The molecule has 0 fully saturated rings. The van der Waals surface area contributed by atoms with Crippen LogP contribution in [0.1, 0.15) is 20.3 Å². The second-order valence-electron chi connectivity index (χ2n) is 3.14. The van der Waals surface area contributed by atoms with Crippen LogP contribution >= 0.6 is 0 Å². The third-order valence-corrected chi connectivity index (χ3v) is 3.56. The summed E-state index contributed by atoms with van der Waals surface area (Å²) in [6.07, 6.45) is 1.09. The first kappa shape index (κ1) is 10.8. The monoisotopic (exact) mass is 338 g/mol. The van der Waals surface area contributed by atoms with Gasteiger partial charge in [0.2, 0.25) is 0 Å². The fourth-order valence-corrected chi connectivity index (χ4v) is 1.70. The topological polar surface area (TPSA) is 12.5 Å². The Bertz CT molecular complexity index is 91.6. The van der Waals surface area contributed by atoms with Crippen molar-refractivity contribution < 1.29 is 2.69 Å². The van der Waals surface area contributed by atoms with Gasteiger partial charge in [0, 0.05) is 0 Å². The maximum atomic E-state index is 5.50. The van der Waals surface area contributed by atoms with E-state index >= 15 is 0 Å². The van der Waals surface area contributed by atoms with E-state index in [-0.39, 0.29) is 5.60 Å². The first-order chi connectivity index (χ1) is 4.54. The van der Waals surface area contributed by atoms with Gasteiger partial charge in [-0.2, -0.15) is 0 Å². The van der Waals surface area contributed by atoms with Crippen LogP contribution in [0, 0.1) is 0 Å². The molecular weight excluding hydrogens is 321 g/mol. The SMILES string of the molecule is CCC(C)(CN(C)C)[O][Pb]. The molecule has 0 aromatic rings. The molecule has 0 aliphatic heterocycles. The predicted molar refractivity (Wildman–Crippen MR) is 44.1 cm³/mol. The average Bonchev–Trinajstić information content (AvgIpc) is 1.87. The summed E-state index contributed by atoms with van der Waals surface area (Å²) in [5.74, 6) is 0. The third kappa shape index (κ3) is 3.88. The van der Waals surface area contributed by atoms with Crippen molar-refractivity contribution in [2.75, 3.05) is 20.6 Å². The second-order valence-corrected chi connectivity index (χ2v) is 3.94. The third-order valence-electron chi connectivity index (χ3n) is 1.64. The first-order valence-electron chi connectivity index (χ1n) is 3.53. The van der Waals surface area contributed by atoms with Crippen LogP contribution in [0.2, 0.25) is 0 Å². The Hall–Kier alpha value is 0.842. The minimum absolute atomic E-state index is 0.0930. The Morgan fingerprint density at radius 2 is 2.00 bits per heavy atom. The molecule has 1 unspecified atom stereocenters. The summed E-state index contributed by atoms with van der Waals surface area (Å²) in [5.41, 5.74) is 0.0930. The second kappa shape index (κ2) is 4.67. The summed E-state index contributed by atoms with van der Waals surface area (Å²) < 4.78 is 5.50. The summed E-state index contributed by atoms with van der Waals surface area (Å²) in [5, 5.41) is 0. The van der Waals surface area contributed by atoms with Crippen molar-refractivity contribution in [3.63, 3.8) is 0 Å². The fourth-order valence-electron chi connectivity index (χ4n) is 0.885. The molecule has 0 rings (SSSR count). The van der Waals surface area contributed by atoms with Gasteiger partial charge in [-0.05, 0) is 0 Å². The van der Waals surface area contributed by atoms with Crippen LogP contribution in [-0.2, 0) is 2.69 Å². The van der Waals surface area contributed by atoms with E-state index in [0.29, 0.717) is 0 Å². The zero-order valence-electron chi connectivity index (χ0n) is 7.27. The molecule has 3 heteroatoms. The van der Waals surface area contributed by atoms with E-state index in [4.69, 9.17) is 2.69 Å². The number of hydrogen-bond donors (Lipinski definition) is 0. The summed E-state index contributed by atoms with van der Waals surface area (Å²) >= 11 is 0.835. The summed E-state index contributed by atoms with van der Waals surface area (Å²) in [6.45, 7) is 5.36. The van der Waals surface area contributed by atoms with E-state index in [1.807, 2.05) is 0 Å². The molecule has 0 amide bonds. The summed E-state index contributed by atoms with van der Waals surface area (Å²) in [7, 11) is 4.16. The van der Waals surface area contributed by atoms with Gasteiger partial charge in [0.1, 0.15) is 0 Å². The molecular formula is C7H16NOPb. The maximum absolute atomic E-state index is 5.50. The van der Waals surface area contributed by atoms with Gasteiger partial charge in [-0.25, -0.2) is 0 Å². The number of rotatable bonds is 4. The first-order valence-corrected chi connectivity index (χ1v) is 5.12. The zero-order chi connectivity index (χ0) is 8.20. The molecule has 0 aliphatic carbocycles. The normalized spacial score (nSPS) is 17.4. The van der Waals surface area contributed by atoms with Crippen LogP contribution in [0.5, 0.6) is 0 Å². The molecule has 0 N–H and O–H groups in total. The zero-order valence-corrected chi connectivity index (χ0v) is 11.2. The van der Waals surface area contributed by atoms with Crippen molar-refractivity contribution in [1.82, 2.24) is 4.90 Å². The van der Waals surface area contributed by atoms with Gasteiger partial charge in [0.25, 0.3) is 0 Å². The van der Waals surface area contributed by atoms with Crippen molar-refractivity contribution in [2.24, 2.45) is 0 Å². The van der Waals surface area contributed by atoms with Gasteiger partial charge >= 0.3 is 80.3 Å². The van der Waals surface area contributed by atoms with Crippen LogP contribution in [0.25, 0.3) is 0 Å². The molecule has 59 valence electrons. The molecule has 0 heterocycles. The van der Waals surface area contributed by atoms with E-state index in [9.17, 15) is 0 Å². The Kier molecular flexibility index (Phi) is 5.06. The van der Waals surface area contributed by atoms with Crippen LogP contribution in [0.15, 0.2) is 0 Å². The number of hydrogen-bond acceptors (Lipinski definition) is 2. The Morgan fingerprint density at radius 3 is 2.10 bits per heavy atom. The minimum atomic E-state index is 0.0930. The molecule has 10 heavy (non-hydrogen) atoms. The molecule has 0 aromatic heterocycles. The van der Waals surface area contributed by atoms with E-state index < -0.39 is 0 Å². The van der Waals surface area contributed by atoms with Gasteiger partial charge in [0.05, 0.1) is 0 Å². The van der Waals surface area contributed by atoms with Crippen molar-refractivity contribution >= 4 is 26.2 Å². The Morgan fingerprint density at radius 1 is 1.50 bits per heavy atom. The van der Waals surface area contributed by atoms with Gasteiger partial charge in [-0.15, -0.1) is 0 Å². The molecule has 0 saturated heterocycles. The van der Waals surface area contributed by atoms with Crippen LogP contribution in [-0.4, -0.2) is 57.4 Å². The quantitative estimate of drug-likeness (QED) is 0.704. The molecule has 0 saturated carbocycles. The fraction of sp³-hybridized carbons (Fsp3) is 1.00. The molecule has 3 radical (unpaired) electrons. The molecule has 0 aliphatic rings. The molecule has 0 spiro atoms. The van der Waals surface area contributed by atoms with Gasteiger partial charge in [-0.3, -0.25) is 0 Å². The summed E-state index contributed by atoms with van der Waals surface area (Å²) in [4.78, 5) is 2.17. The van der Waals surface area contributed by atoms with Crippen LogP contribution in [0.3, 0.4) is 0 Å². The van der Waals surface area contributed by atoms with Crippen molar-refractivity contribution in [3.8, 4) is 0 Å². The van der Waals surface area contributed by atoms with E-state index in [1.54, 1.807) is 0 Å².